The van der Waals surface area contributed by atoms with E-state index in [0.717, 1.165) is 32.8 Å². The number of halogens is 1. The molecule has 0 saturated heterocycles. The molecule has 1 N–H and O–H groups in total. The van der Waals surface area contributed by atoms with Gasteiger partial charge >= 0.3 is 0 Å². The summed E-state index contributed by atoms with van der Waals surface area (Å²) in [7, 11) is 5.55. The summed E-state index contributed by atoms with van der Waals surface area (Å²) < 4.78 is 6.43. The van der Waals surface area contributed by atoms with E-state index < -0.39 is 0 Å². The molecule has 134 valence electrons. The molecule has 0 aromatic heterocycles. The molecule has 0 fully saturated rings. The Morgan fingerprint density at radius 1 is 1.20 bits per heavy atom. The molecule has 0 radical (unpaired) electrons. The molecule has 2 aromatic rings. The highest BCUT2D eigenvalue weighted by molar-refractivity contribution is 9.10. The highest BCUT2D eigenvalue weighted by atomic mass is 79.9. The third-order valence-electron chi connectivity index (χ3n) is 4.15. The molecule has 0 aliphatic carbocycles. The third kappa shape index (κ3) is 5.87. The van der Waals surface area contributed by atoms with Crippen molar-refractivity contribution in [1.29, 1.82) is 0 Å². The first-order valence-corrected chi connectivity index (χ1v) is 9.11. The number of hydrogen-bond acceptors (Lipinski definition) is 2. The summed E-state index contributed by atoms with van der Waals surface area (Å²) >= 11 is 3.49. The number of benzene rings is 2. The van der Waals surface area contributed by atoms with Gasteiger partial charge in [-0.3, -0.25) is 4.79 Å². The molecule has 0 bridgehead atoms. The lowest BCUT2D eigenvalue weighted by Gasteiger charge is -2.21. The molecule has 0 aliphatic rings. The van der Waals surface area contributed by atoms with Gasteiger partial charge in [-0.15, -0.1) is 0 Å². The zero-order valence-electron chi connectivity index (χ0n) is 15.3. The number of ether oxygens (including phenoxy) is 1. The largest absolute Gasteiger partial charge is 0.496 e. The monoisotopic (exact) mass is 405 g/mol. The van der Waals surface area contributed by atoms with E-state index in [4.69, 9.17) is 4.74 Å². The Labute approximate surface area is 158 Å². The molecule has 4 nitrogen and oxygen atoms in total. The number of quaternary nitrogens is 1. The van der Waals surface area contributed by atoms with Crippen LogP contribution in [0.3, 0.4) is 0 Å². The number of rotatable bonds is 7. The number of nitrogens with zero attached hydrogens (tertiary/aromatic N) is 1. The van der Waals surface area contributed by atoms with Gasteiger partial charge in [0.1, 0.15) is 12.3 Å². The van der Waals surface area contributed by atoms with Crippen LogP contribution in [0.2, 0.25) is 0 Å². The van der Waals surface area contributed by atoms with Crippen molar-refractivity contribution in [3.8, 4) is 5.75 Å². The van der Waals surface area contributed by atoms with Crippen LogP contribution in [0.4, 0.5) is 0 Å². The van der Waals surface area contributed by atoms with Gasteiger partial charge in [-0.25, -0.2) is 0 Å². The van der Waals surface area contributed by atoms with Crippen LogP contribution >= 0.6 is 15.9 Å². The smallest absolute Gasteiger partial charge is 0.277 e. The summed E-state index contributed by atoms with van der Waals surface area (Å²) in [5, 5.41) is 0. The van der Waals surface area contributed by atoms with E-state index in [1.54, 1.807) is 12.0 Å². The average Bonchev–Trinajstić information content (AvgIpc) is 2.57. The summed E-state index contributed by atoms with van der Waals surface area (Å²) in [6.45, 7) is 3.87. The maximum atomic E-state index is 12.5. The Morgan fingerprint density at radius 2 is 1.88 bits per heavy atom. The molecule has 25 heavy (non-hydrogen) atoms. The Balaban J connectivity index is 1.93. The molecule has 2 rings (SSSR count). The maximum Gasteiger partial charge on any atom is 0.277 e. The molecule has 2 aromatic carbocycles. The molecule has 1 unspecified atom stereocenters. The topological polar surface area (TPSA) is 34.0 Å². The summed E-state index contributed by atoms with van der Waals surface area (Å²) in [6.07, 6.45) is 0. The summed E-state index contributed by atoms with van der Waals surface area (Å²) in [5.74, 6) is 0.982. The van der Waals surface area contributed by atoms with Gasteiger partial charge in [0, 0.05) is 23.6 Å². The Kier molecular flexibility index (Phi) is 7.02. The Hall–Kier alpha value is -1.85. The van der Waals surface area contributed by atoms with E-state index in [0.29, 0.717) is 13.1 Å². The van der Waals surface area contributed by atoms with Crippen molar-refractivity contribution < 1.29 is 14.4 Å². The van der Waals surface area contributed by atoms with Crippen LogP contribution in [0.1, 0.15) is 16.7 Å². The van der Waals surface area contributed by atoms with E-state index >= 15 is 0 Å². The van der Waals surface area contributed by atoms with Gasteiger partial charge in [-0.2, -0.15) is 0 Å². The second-order valence-electron chi connectivity index (χ2n) is 6.50. The molecule has 5 heteroatoms. The average molecular weight is 406 g/mol. The zero-order valence-corrected chi connectivity index (χ0v) is 16.9. The van der Waals surface area contributed by atoms with Crippen molar-refractivity contribution in [1.82, 2.24) is 4.90 Å². The zero-order chi connectivity index (χ0) is 18.4. The van der Waals surface area contributed by atoms with Crippen LogP contribution in [-0.4, -0.2) is 38.6 Å². The van der Waals surface area contributed by atoms with Gasteiger partial charge in [0.05, 0.1) is 14.2 Å². The van der Waals surface area contributed by atoms with Crippen LogP contribution in [0.15, 0.2) is 46.9 Å². The molecule has 1 atom stereocenters. The van der Waals surface area contributed by atoms with Crippen molar-refractivity contribution >= 4 is 21.8 Å². The van der Waals surface area contributed by atoms with Crippen LogP contribution in [0.5, 0.6) is 5.75 Å². The quantitative estimate of drug-likeness (QED) is 0.767. The highest BCUT2D eigenvalue weighted by Gasteiger charge is 2.17. The minimum atomic E-state index is 0.132. The molecule has 0 heterocycles. The fourth-order valence-corrected chi connectivity index (χ4v) is 3.13. The first kappa shape index (κ1) is 19.5. The number of likely N-dealkylation sites (N-methyl/N-ethyl adjacent to an activating group) is 2. The molecule has 1 amide bonds. The molecular formula is C20H26BrN2O2+. The van der Waals surface area contributed by atoms with E-state index in [2.05, 4.69) is 47.1 Å². The highest BCUT2D eigenvalue weighted by Crippen LogP contribution is 2.22. The van der Waals surface area contributed by atoms with Crippen LogP contribution in [-0.2, 0) is 17.9 Å². The molecule has 0 saturated carbocycles. The van der Waals surface area contributed by atoms with Gasteiger partial charge in [0.15, 0.2) is 6.54 Å². The van der Waals surface area contributed by atoms with Crippen LogP contribution in [0, 0.1) is 6.92 Å². The predicted molar refractivity (Wildman–Crippen MR) is 104 cm³/mol. The Morgan fingerprint density at radius 3 is 2.52 bits per heavy atom. The molecule has 0 spiro atoms. The van der Waals surface area contributed by atoms with Gasteiger partial charge in [-0.05, 0) is 30.7 Å². The lowest BCUT2D eigenvalue weighted by molar-refractivity contribution is -0.885. The van der Waals surface area contributed by atoms with Gasteiger partial charge < -0.3 is 14.5 Å². The summed E-state index contributed by atoms with van der Waals surface area (Å²) in [6, 6.07) is 14.2. The molecular weight excluding hydrogens is 380 g/mol. The normalized spacial score (nSPS) is 11.9. The fraction of sp³-hybridized carbons (Fsp3) is 0.350. The van der Waals surface area contributed by atoms with Crippen molar-refractivity contribution in [2.75, 3.05) is 27.7 Å². The first-order chi connectivity index (χ1) is 11.9. The van der Waals surface area contributed by atoms with Crippen molar-refractivity contribution in [3.63, 3.8) is 0 Å². The van der Waals surface area contributed by atoms with Crippen LogP contribution < -0.4 is 9.64 Å². The second-order valence-corrected chi connectivity index (χ2v) is 7.42. The van der Waals surface area contributed by atoms with Crippen LogP contribution in [0.25, 0.3) is 0 Å². The van der Waals surface area contributed by atoms with E-state index in [-0.39, 0.29) is 5.91 Å². The van der Waals surface area contributed by atoms with E-state index in [1.165, 1.54) is 5.56 Å². The lowest BCUT2D eigenvalue weighted by atomic mass is 10.1. The van der Waals surface area contributed by atoms with E-state index in [1.807, 2.05) is 32.3 Å². The van der Waals surface area contributed by atoms with Gasteiger partial charge in [0.25, 0.3) is 5.91 Å². The Bertz CT molecular complexity index is 716. The SMILES string of the molecule is COc1ccc(Br)cc1C[NH+](C)CC(=O)N(C)Cc1ccc(C)cc1. The number of amides is 1. The van der Waals surface area contributed by atoms with Crippen molar-refractivity contribution in [3.05, 3.63) is 63.6 Å². The lowest BCUT2D eigenvalue weighted by Crippen LogP contribution is -3.08. The summed E-state index contributed by atoms with van der Waals surface area (Å²) in [4.78, 5) is 15.4. The fourth-order valence-electron chi connectivity index (χ4n) is 2.72. The van der Waals surface area contributed by atoms with Gasteiger partial charge in [0.2, 0.25) is 0 Å². The number of nitrogens with one attached hydrogen (secondary N) is 1. The van der Waals surface area contributed by atoms with Gasteiger partial charge in [-0.1, -0.05) is 45.8 Å². The number of carbonyl (C=O) groups excluding carboxylic acids is 1. The number of aryl methyl sites for hydroxylation is 1. The minimum absolute atomic E-state index is 0.132. The standard InChI is InChI=1S/C20H25BrN2O2/c1-15-5-7-16(8-6-15)12-23(3)20(24)14-22(2)13-17-11-18(21)9-10-19(17)25-4/h5-11H,12-14H2,1-4H3/p+1. The van der Waals surface area contributed by atoms with Crippen molar-refractivity contribution in [2.24, 2.45) is 0 Å². The predicted octanol–water partition coefficient (Wildman–Crippen LogP) is 2.44. The van der Waals surface area contributed by atoms with Crippen molar-refractivity contribution in [2.45, 2.75) is 20.0 Å². The third-order valence-corrected chi connectivity index (χ3v) is 4.65. The maximum absolute atomic E-state index is 12.5. The number of carbonyl (C=O) groups is 1. The first-order valence-electron chi connectivity index (χ1n) is 8.32. The second kappa shape index (κ2) is 9.02. The van der Waals surface area contributed by atoms with E-state index in [9.17, 15) is 4.79 Å². The number of hydrogen-bond donors (Lipinski definition) is 1. The number of methoxy groups -OCH3 is 1. The minimum Gasteiger partial charge on any atom is -0.496 e. The summed E-state index contributed by atoms with van der Waals surface area (Å²) in [5.41, 5.74) is 3.46. The molecule has 0 aliphatic heterocycles.